The van der Waals surface area contributed by atoms with Crippen molar-refractivity contribution < 1.29 is 14.3 Å². The predicted molar refractivity (Wildman–Crippen MR) is 131 cm³/mol. The van der Waals surface area contributed by atoms with E-state index in [9.17, 15) is 9.59 Å². The molecule has 1 heterocycles. The summed E-state index contributed by atoms with van der Waals surface area (Å²) in [4.78, 5) is 28.0. The molecule has 6 nitrogen and oxygen atoms in total. The number of hydrogen-bond donors (Lipinski definition) is 2. The molecule has 0 spiro atoms. The van der Waals surface area contributed by atoms with E-state index in [0.717, 1.165) is 5.56 Å². The number of rotatable bonds is 5. The minimum atomic E-state index is -0.369. The van der Waals surface area contributed by atoms with Gasteiger partial charge < -0.3 is 20.3 Å². The van der Waals surface area contributed by atoms with Crippen molar-refractivity contribution in [2.75, 3.05) is 30.8 Å². The highest BCUT2D eigenvalue weighted by atomic mass is 35.5. The molecule has 0 aromatic heterocycles. The lowest BCUT2D eigenvalue weighted by atomic mass is 9.84. The van der Waals surface area contributed by atoms with Gasteiger partial charge in [-0.3, -0.25) is 4.79 Å². The molecule has 33 heavy (non-hydrogen) atoms. The third kappa shape index (κ3) is 5.65. The Hall–Kier alpha value is -3.51. The van der Waals surface area contributed by atoms with Gasteiger partial charge in [-0.05, 0) is 42.3 Å². The lowest BCUT2D eigenvalue weighted by Gasteiger charge is -2.37. The van der Waals surface area contributed by atoms with Crippen LogP contribution in [0.25, 0.3) is 0 Å². The van der Waals surface area contributed by atoms with Gasteiger partial charge in [0.1, 0.15) is 5.75 Å². The largest absolute Gasteiger partial charge is 0.495 e. The van der Waals surface area contributed by atoms with E-state index in [1.54, 1.807) is 48.4 Å². The minimum Gasteiger partial charge on any atom is -0.495 e. The van der Waals surface area contributed by atoms with Gasteiger partial charge in [0.2, 0.25) is 5.91 Å². The number of methoxy groups -OCH3 is 1. The van der Waals surface area contributed by atoms with Gasteiger partial charge in [-0.15, -0.1) is 0 Å². The van der Waals surface area contributed by atoms with Gasteiger partial charge in [-0.25, -0.2) is 4.79 Å². The topological polar surface area (TPSA) is 70.7 Å². The van der Waals surface area contributed by atoms with E-state index in [2.05, 4.69) is 10.6 Å². The normalized spacial score (nSPS) is 17.8. The van der Waals surface area contributed by atoms with Crippen LogP contribution in [0.15, 0.2) is 78.9 Å². The number of anilines is 2. The average Bonchev–Trinajstić information content (AvgIpc) is 2.84. The zero-order valence-corrected chi connectivity index (χ0v) is 19.1. The van der Waals surface area contributed by atoms with E-state index in [1.807, 2.05) is 42.5 Å². The highest BCUT2D eigenvalue weighted by Crippen LogP contribution is 2.32. The Kier molecular flexibility index (Phi) is 7.15. The minimum absolute atomic E-state index is 0.0403. The Morgan fingerprint density at radius 1 is 0.939 bits per heavy atom. The maximum absolute atomic E-state index is 13.2. The first-order valence-corrected chi connectivity index (χ1v) is 11.2. The number of ether oxygens (including phenoxy) is 1. The van der Waals surface area contributed by atoms with E-state index >= 15 is 0 Å². The highest BCUT2D eigenvalue weighted by molar-refractivity contribution is 6.30. The number of amides is 3. The Morgan fingerprint density at radius 2 is 1.70 bits per heavy atom. The molecule has 1 aliphatic heterocycles. The van der Waals surface area contributed by atoms with Crippen LogP contribution in [-0.4, -0.2) is 37.0 Å². The number of para-hydroxylation sites is 2. The van der Waals surface area contributed by atoms with Crippen LogP contribution >= 0.6 is 11.6 Å². The lowest BCUT2D eigenvalue weighted by molar-refractivity contribution is -0.121. The maximum atomic E-state index is 13.2. The van der Waals surface area contributed by atoms with Crippen molar-refractivity contribution in [3.63, 3.8) is 0 Å². The fourth-order valence-corrected chi connectivity index (χ4v) is 4.36. The summed E-state index contributed by atoms with van der Waals surface area (Å²) in [6.07, 6.45) is 0.648. The van der Waals surface area contributed by atoms with E-state index in [1.165, 1.54) is 0 Å². The monoisotopic (exact) mass is 463 g/mol. The second-order valence-electron chi connectivity index (χ2n) is 8.08. The number of urea groups is 1. The van der Waals surface area contributed by atoms with Crippen LogP contribution in [-0.2, 0) is 4.79 Å². The van der Waals surface area contributed by atoms with E-state index in [4.69, 9.17) is 16.3 Å². The van der Waals surface area contributed by atoms with Crippen molar-refractivity contribution in [1.29, 1.82) is 0 Å². The molecule has 2 N–H and O–H groups in total. The van der Waals surface area contributed by atoms with Gasteiger partial charge in [-0.2, -0.15) is 0 Å². The Balaban J connectivity index is 1.54. The molecule has 3 aromatic rings. The molecule has 170 valence electrons. The standard InChI is InChI=1S/C26H26ClN3O3/c1-33-24-13-6-5-12-23(24)29-26(32)30-16-19(18-8-3-2-4-9-18)14-20(17-30)25(31)28-22-11-7-10-21(27)15-22/h2-13,15,19-20H,14,16-17H2,1H3,(H,28,31)(H,29,32)/t19-,20+/m1/s1. The maximum Gasteiger partial charge on any atom is 0.321 e. The molecule has 0 unspecified atom stereocenters. The van der Waals surface area contributed by atoms with E-state index in [0.29, 0.717) is 41.7 Å². The third-order valence-corrected chi connectivity index (χ3v) is 6.06. The van der Waals surface area contributed by atoms with Crippen LogP contribution in [0.1, 0.15) is 17.9 Å². The summed E-state index contributed by atoms with van der Waals surface area (Å²) >= 11 is 6.06. The fraction of sp³-hybridized carbons (Fsp3) is 0.231. The molecule has 0 bridgehead atoms. The first-order chi connectivity index (χ1) is 16.0. The quantitative estimate of drug-likeness (QED) is 0.515. The number of benzene rings is 3. The van der Waals surface area contributed by atoms with Crippen LogP contribution in [0, 0.1) is 5.92 Å². The van der Waals surface area contributed by atoms with Crippen molar-refractivity contribution in [3.05, 3.63) is 89.4 Å². The third-order valence-electron chi connectivity index (χ3n) is 5.82. The summed E-state index contributed by atoms with van der Waals surface area (Å²) in [6, 6.07) is 24.0. The predicted octanol–water partition coefficient (Wildman–Crippen LogP) is 5.62. The zero-order chi connectivity index (χ0) is 23.2. The van der Waals surface area contributed by atoms with Gasteiger partial charge in [0.15, 0.2) is 0 Å². The Bertz CT molecular complexity index is 1120. The summed E-state index contributed by atoms with van der Waals surface area (Å²) < 4.78 is 5.35. The van der Waals surface area contributed by atoms with Crippen molar-refractivity contribution in [3.8, 4) is 5.75 Å². The van der Waals surface area contributed by atoms with Gasteiger partial charge in [0.25, 0.3) is 0 Å². The number of carbonyl (C=O) groups is 2. The number of likely N-dealkylation sites (tertiary alicyclic amines) is 1. The molecule has 3 aromatic carbocycles. The van der Waals surface area contributed by atoms with Crippen molar-refractivity contribution in [1.82, 2.24) is 4.90 Å². The fourth-order valence-electron chi connectivity index (χ4n) is 4.17. The van der Waals surface area contributed by atoms with E-state index < -0.39 is 0 Å². The van der Waals surface area contributed by atoms with Crippen LogP contribution < -0.4 is 15.4 Å². The van der Waals surface area contributed by atoms with Crippen LogP contribution in [0.3, 0.4) is 0 Å². The highest BCUT2D eigenvalue weighted by Gasteiger charge is 2.35. The molecule has 1 saturated heterocycles. The SMILES string of the molecule is COc1ccccc1NC(=O)N1C[C@@H](C(=O)Nc2cccc(Cl)c2)C[C@@H](c2ccccc2)C1. The summed E-state index contributed by atoms with van der Waals surface area (Å²) in [7, 11) is 1.56. The number of halogens is 1. The van der Waals surface area contributed by atoms with Gasteiger partial charge in [0, 0.05) is 29.7 Å². The number of carbonyl (C=O) groups excluding carboxylic acids is 2. The van der Waals surface area contributed by atoms with Crippen LogP contribution in [0.2, 0.25) is 5.02 Å². The summed E-state index contributed by atoms with van der Waals surface area (Å²) in [6.45, 7) is 0.836. The number of nitrogens with one attached hydrogen (secondary N) is 2. The first kappa shape index (κ1) is 22.7. The molecule has 7 heteroatoms. The molecule has 0 saturated carbocycles. The van der Waals surface area contributed by atoms with Gasteiger partial charge in [-0.1, -0.05) is 60.1 Å². The molecular weight excluding hydrogens is 438 g/mol. The Labute approximate surface area is 198 Å². The Morgan fingerprint density at radius 3 is 2.45 bits per heavy atom. The number of hydrogen-bond acceptors (Lipinski definition) is 3. The number of nitrogens with zero attached hydrogens (tertiary/aromatic N) is 1. The summed E-state index contributed by atoms with van der Waals surface area (Å²) in [5.41, 5.74) is 2.33. The second kappa shape index (κ2) is 10.4. The van der Waals surface area contributed by atoms with Crippen molar-refractivity contribution >= 4 is 34.9 Å². The van der Waals surface area contributed by atoms with Gasteiger partial charge in [0.05, 0.1) is 18.7 Å². The van der Waals surface area contributed by atoms with E-state index in [-0.39, 0.29) is 23.8 Å². The average molecular weight is 464 g/mol. The molecule has 1 fully saturated rings. The molecule has 1 aliphatic rings. The second-order valence-corrected chi connectivity index (χ2v) is 8.51. The summed E-state index contributed by atoms with van der Waals surface area (Å²) in [5.74, 6) is 0.121. The molecule has 0 aliphatic carbocycles. The lowest BCUT2D eigenvalue weighted by Crippen LogP contribution is -2.48. The molecular formula is C26H26ClN3O3. The van der Waals surface area contributed by atoms with Gasteiger partial charge >= 0.3 is 6.03 Å². The molecule has 2 atom stereocenters. The smallest absolute Gasteiger partial charge is 0.321 e. The van der Waals surface area contributed by atoms with Crippen molar-refractivity contribution in [2.24, 2.45) is 5.92 Å². The molecule has 3 amide bonds. The molecule has 0 radical (unpaired) electrons. The summed E-state index contributed by atoms with van der Waals surface area (Å²) in [5, 5.41) is 6.44. The number of piperidine rings is 1. The van der Waals surface area contributed by atoms with Crippen LogP contribution in [0.4, 0.5) is 16.2 Å². The first-order valence-electron chi connectivity index (χ1n) is 10.8. The van der Waals surface area contributed by atoms with Crippen LogP contribution in [0.5, 0.6) is 5.75 Å². The van der Waals surface area contributed by atoms with Crippen molar-refractivity contribution in [2.45, 2.75) is 12.3 Å². The zero-order valence-electron chi connectivity index (χ0n) is 18.3. The molecule has 4 rings (SSSR count).